The Labute approximate surface area is 154 Å². The first-order valence-electron chi connectivity index (χ1n) is 8.05. The van der Waals surface area contributed by atoms with E-state index in [0.29, 0.717) is 37.0 Å². The van der Waals surface area contributed by atoms with Crippen molar-refractivity contribution in [1.29, 1.82) is 0 Å². The van der Waals surface area contributed by atoms with Crippen molar-refractivity contribution in [3.05, 3.63) is 29.8 Å². The lowest BCUT2D eigenvalue weighted by molar-refractivity contribution is -0.132. The molecule has 1 amide bonds. The second-order valence-electron chi connectivity index (χ2n) is 6.30. The fraction of sp³-hybridized carbons (Fsp3) is 0.500. The molecule has 0 spiro atoms. The van der Waals surface area contributed by atoms with Gasteiger partial charge in [-0.2, -0.15) is 8.42 Å². The van der Waals surface area contributed by atoms with Gasteiger partial charge in [0.2, 0.25) is 5.91 Å². The van der Waals surface area contributed by atoms with Crippen LogP contribution in [0.15, 0.2) is 33.6 Å². The minimum atomic E-state index is -3.66. The number of piperidine rings is 1. The molecule has 3 rings (SSSR count). The molecule has 0 aromatic heterocycles. The molecule has 0 saturated carbocycles. The maximum atomic E-state index is 12.5. The molecule has 2 aliphatic rings. The van der Waals surface area contributed by atoms with Crippen molar-refractivity contribution in [3.63, 3.8) is 0 Å². The van der Waals surface area contributed by atoms with E-state index in [4.69, 9.17) is 5.73 Å². The Balaban J connectivity index is 0.00000225. The van der Waals surface area contributed by atoms with Gasteiger partial charge < -0.3 is 15.5 Å². The van der Waals surface area contributed by atoms with E-state index in [-0.39, 0.29) is 29.8 Å². The largest absolute Gasteiger partial charge is 0.349 e. The molecule has 0 unspecified atom stereocenters. The highest BCUT2D eigenvalue weighted by Crippen LogP contribution is 2.27. The van der Waals surface area contributed by atoms with Crippen LogP contribution in [0.3, 0.4) is 0 Å². The lowest BCUT2D eigenvalue weighted by Crippen LogP contribution is -2.45. The molecule has 1 aromatic rings. The number of fused-ring (bicyclic) bond motifs is 1. The summed E-state index contributed by atoms with van der Waals surface area (Å²) in [6.07, 6.45) is 1.84. The van der Waals surface area contributed by atoms with Gasteiger partial charge in [-0.1, -0.05) is 12.1 Å². The van der Waals surface area contributed by atoms with Crippen molar-refractivity contribution in [3.8, 4) is 0 Å². The number of benzene rings is 1. The molecule has 9 heteroatoms. The van der Waals surface area contributed by atoms with Gasteiger partial charge in [-0.05, 0) is 37.4 Å². The number of hydrogen-bond donors (Lipinski definition) is 1. The monoisotopic (exact) mass is 386 g/mol. The zero-order valence-electron chi connectivity index (χ0n) is 14.1. The molecule has 1 aromatic carbocycles. The fourth-order valence-corrected chi connectivity index (χ4v) is 4.41. The molecular formula is C16H23ClN4O3S. The first-order chi connectivity index (χ1) is 11.4. The molecule has 7 nitrogen and oxygen atoms in total. The van der Waals surface area contributed by atoms with Gasteiger partial charge >= 0.3 is 0 Å². The number of rotatable bonds is 3. The second-order valence-corrected chi connectivity index (χ2v) is 7.87. The molecule has 1 saturated heterocycles. The Morgan fingerprint density at radius 3 is 2.60 bits per heavy atom. The van der Waals surface area contributed by atoms with Crippen LogP contribution in [0.2, 0.25) is 0 Å². The van der Waals surface area contributed by atoms with E-state index in [1.165, 1.54) is 6.07 Å². The smallest absolute Gasteiger partial charge is 0.285 e. The van der Waals surface area contributed by atoms with Crippen LogP contribution < -0.4 is 5.73 Å². The van der Waals surface area contributed by atoms with Gasteiger partial charge in [-0.15, -0.1) is 16.8 Å². The van der Waals surface area contributed by atoms with Crippen LogP contribution in [0.25, 0.3) is 0 Å². The molecule has 0 radical (unpaired) electrons. The van der Waals surface area contributed by atoms with Crippen LogP contribution in [0.5, 0.6) is 0 Å². The molecule has 25 heavy (non-hydrogen) atoms. The summed E-state index contributed by atoms with van der Waals surface area (Å²) < 4.78 is 28.0. The third-order valence-corrected chi connectivity index (χ3v) is 5.97. The van der Waals surface area contributed by atoms with Crippen LogP contribution in [0, 0.1) is 5.92 Å². The quantitative estimate of drug-likeness (QED) is 0.824. The van der Waals surface area contributed by atoms with Gasteiger partial charge in [0, 0.05) is 25.7 Å². The summed E-state index contributed by atoms with van der Waals surface area (Å²) in [4.78, 5) is 16.1. The topological polar surface area (TPSA) is 96.1 Å². The lowest BCUT2D eigenvalue weighted by Gasteiger charge is -2.32. The van der Waals surface area contributed by atoms with Gasteiger partial charge in [0.05, 0.1) is 6.54 Å². The van der Waals surface area contributed by atoms with Crippen LogP contribution in [0.1, 0.15) is 18.4 Å². The molecule has 2 heterocycles. The molecule has 0 aliphatic carbocycles. The number of likely N-dealkylation sites (N-methyl/N-ethyl adjacent to an activating group) is 1. The number of amidine groups is 1. The van der Waals surface area contributed by atoms with Gasteiger partial charge in [0.25, 0.3) is 10.0 Å². The zero-order chi connectivity index (χ0) is 17.3. The molecule has 2 N–H and O–H groups in total. The summed E-state index contributed by atoms with van der Waals surface area (Å²) in [7, 11) is -1.97. The fourth-order valence-electron chi connectivity index (χ4n) is 3.16. The van der Waals surface area contributed by atoms with Crippen molar-refractivity contribution in [1.82, 2.24) is 9.80 Å². The third-order valence-electron chi connectivity index (χ3n) is 4.65. The summed E-state index contributed by atoms with van der Waals surface area (Å²) in [5.41, 5.74) is 6.23. The number of nitrogens with two attached hydrogens (primary N) is 1. The summed E-state index contributed by atoms with van der Waals surface area (Å²) in [6, 6.07) is 6.69. The van der Waals surface area contributed by atoms with Gasteiger partial charge in [0.15, 0.2) is 5.84 Å². The van der Waals surface area contributed by atoms with Crippen molar-refractivity contribution in [2.45, 2.75) is 17.7 Å². The van der Waals surface area contributed by atoms with E-state index >= 15 is 0 Å². The van der Waals surface area contributed by atoms with Gasteiger partial charge in [0.1, 0.15) is 4.90 Å². The van der Waals surface area contributed by atoms with Crippen molar-refractivity contribution in [2.75, 3.05) is 33.2 Å². The van der Waals surface area contributed by atoms with E-state index in [2.05, 4.69) is 4.40 Å². The average Bonchev–Trinajstić information content (AvgIpc) is 2.87. The Kier molecular flexibility index (Phi) is 6.08. The van der Waals surface area contributed by atoms with Crippen LogP contribution in [0.4, 0.5) is 0 Å². The van der Waals surface area contributed by atoms with Crippen molar-refractivity contribution >= 4 is 34.2 Å². The maximum Gasteiger partial charge on any atom is 0.285 e. The zero-order valence-corrected chi connectivity index (χ0v) is 15.7. The van der Waals surface area contributed by atoms with Gasteiger partial charge in [-0.25, -0.2) is 0 Å². The highest BCUT2D eigenvalue weighted by atomic mass is 35.5. The summed E-state index contributed by atoms with van der Waals surface area (Å²) >= 11 is 0. The van der Waals surface area contributed by atoms with Crippen LogP contribution >= 0.6 is 12.4 Å². The molecule has 138 valence electrons. The van der Waals surface area contributed by atoms with E-state index in [1.54, 1.807) is 30.1 Å². The minimum Gasteiger partial charge on any atom is -0.349 e. The standard InChI is InChI=1S/C16H22N4O3S.ClH/c1-19(11-15(21)20-8-6-12(10-17)7-9-20)16-13-4-2-3-5-14(13)24(22,23)18-16;/h2-5,12H,6-11,17H2,1H3;1H. The Morgan fingerprint density at radius 1 is 1.32 bits per heavy atom. The Bertz CT molecular complexity index is 773. The number of halogens is 1. The molecule has 1 fully saturated rings. The van der Waals surface area contributed by atoms with Crippen LogP contribution in [-0.2, 0) is 14.8 Å². The molecular weight excluding hydrogens is 364 g/mol. The first kappa shape index (κ1) is 19.7. The number of carbonyl (C=O) groups is 1. The normalized spacial score (nSPS) is 19.0. The highest BCUT2D eigenvalue weighted by molar-refractivity contribution is 7.90. The highest BCUT2D eigenvalue weighted by Gasteiger charge is 2.31. The summed E-state index contributed by atoms with van der Waals surface area (Å²) in [6.45, 7) is 2.18. The van der Waals surface area contributed by atoms with E-state index in [1.807, 2.05) is 4.90 Å². The summed E-state index contributed by atoms with van der Waals surface area (Å²) in [5, 5.41) is 0. The first-order valence-corrected chi connectivity index (χ1v) is 9.49. The van der Waals surface area contributed by atoms with Crippen molar-refractivity contribution < 1.29 is 13.2 Å². The predicted octanol–water partition coefficient (Wildman–Crippen LogP) is 0.686. The van der Waals surface area contributed by atoms with E-state index in [9.17, 15) is 13.2 Å². The SMILES string of the molecule is CN(CC(=O)N1CCC(CN)CC1)C1=NS(=O)(=O)c2ccccc21.Cl. The number of likely N-dealkylation sites (tertiary alicyclic amines) is 1. The minimum absolute atomic E-state index is 0. The average molecular weight is 387 g/mol. The van der Waals surface area contributed by atoms with Gasteiger partial charge in [-0.3, -0.25) is 4.79 Å². The Hall–Kier alpha value is -1.64. The molecule has 2 aliphatic heterocycles. The summed E-state index contributed by atoms with van der Waals surface area (Å²) in [5.74, 6) is 0.802. The molecule has 0 atom stereocenters. The van der Waals surface area contributed by atoms with E-state index in [0.717, 1.165) is 12.8 Å². The van der Waals surface area contributed by atoms with Crippen molar-refractivity contribution in [2.24, 2.45) is 16.0 Å². The van der Waals surface area contributed by atoms with Crippen LogP contribution in [-0.4, -0.2) is 63.2 Å². The number of hydrogen-bond acceptors (Lipinski definition) is 5. The maximum absolute atomic E-state index is 12.5. The number of carbonyl (C=O) groups excluding carboxylic acids is 1. The third kappa shape index (κ3) is 3.96. The predicted molar refractivity (Wildman–Crippen MR) is 98.4 cm³/mol. The number of amides is 1. The number of sulfonamides is 1. The number of nitrogens with zero attached hydrogens (tertiary/aromatic N) is 3. The second kappa shape index (κ2) is 7.72. The van der Waals surface area contributed by atoms with E-state index < -0.39 is 10.0 Å². The Morgan fingerprint density at radius 2 is 1.96 bits per heavy atom. The molecule has 0 bridgehead atoms. The lowest BCUT2D eigenvalue weighted by atomic mass is 9.97.